The number of amides is 1. The van der Waals surface area contributed by atoms with Gasteiger partial charge in [0.25, 0.3) is 5.91 Å². The second-order valence-corrected chi connectivity index (χ2v) is 9.55. The highest BCUT2D eigenvalue weighted by atomic mass is 79.9. The zero-order chi connectivity index (χ0) is 24.9. The molecular weight excluding hydrogens is 520 g/mol. The summed E-state index contributed by atoms with van der Waals surface area (Å²) in [5.41, 5.74) is 4.37. The van der Waals surface area contributed by atoms with Crippen LogP contribution in [0, 0.1) is 5.92 Å². The number of benzene rings is 2. The Bertz CT molecular complexity index is 1390. The Morgan fingerprint density at radius 3 is 2.89 bits per heavy atom. The molecule has 2 heterocycles. The second-order valence-electron chi connectivity index (χ2n) is 8.70. The number of aliphatic imine (C=N–C) groups is 1. The van der Waals surface area contributed by atoms with Crippen molar-refractivity contribution in [3.8, 4) is 0 Å². The number of carbonyl (C=O) groups is 1. The smallest absolute Gasteiger partial charge is 0.253 e. The monoisotopic (exact) mass is 546 g/mol. The summed E-state index contributed by atoms with van der Waals surface area (Å²) in [6.45, 7) is 1.66. The van der Waals surface area contributed by atoms with E-state index in [0.717, 1.165) is 38.8 Å². The van der Waals surface area contributed by atoms with Crippen molar-refractivity contribution in [1.82, 2.24) is 9.78 Å². The second kappa shape index (κ2) is 11.1. The van der Waals surface area contributed by atoms with Gasteiger partial charge in [0, 0.05) is 40.7 Å². The molecule has 1 atom stereocenters. The lowest BCUT2D eigenvalue weighted by molar-refractivity contribution is -0.113. The lowest BCUT2D eigenvalue weighted by Gasteiger charge is -2.17. The molecule has 3 aromatic rings. The van der Waals surface area contributed by atoms with Crippen molar-refractivity contribution in [3.63, 3.8) is 0 Å². The summed E-state index contributed by atoms with van der Waals surface area (Å²) in [6, 6.07) is 14.1. The van der Waals surface area contributed by atoms with E-state index in [4.69, 9.17) is 9.47 Å². The van der Waals surface area contributed by atoms with Crippen LogP contribution in [-0.4, -0.2) is 41.7 Å². The highest BCUT2D eigenvalue weighted by Crippen LogP contribution is 2.33. The fraction of sp³-hybridized carbons (Fsp3) is 0.250. The molecule has 36 heavy (non-hydrogen) atoms. The number of nitrogens with one attached hydrogen (secondary N) is 1. The van der Waals surface area contributed by atoms with Crippen LogP contribution in [-0.2, 0) is 20.8 Å². The largest absolute Gasteiger partial charge is 0.491 e. The molecule has 1 aliphatic carbocycles. The van der Waals surface area contributed by atoms with E-state index in [1.807, 2.05) is 47.2 Å². The molecule has 0 bridgehead atoms. The van der Waals surface area contributed by atoms with Crippen LogP contribution in [0.3, 0.4) is 0 Å². The van der Waals surface area contributed by atoms with Crippen molar-refractivity contribution in [2.75, 3.05) is 25.6 Å². The number of halogens is 1. The summed E-state index contributed by atoms with van der Waals surface area (Å²) < 4.78 is 13.5. The molecule has 7 nitrogen and oxygen atoms in total. The standard InChI is InChI=1S/C28H27BrN4O3/c1-35-13-14-36-22-10-9-20-7-8-21(16-30-25(20)15-22)28(34)32-27-23-17-31-33(26(23)12-11-24(27)29)18-19-5-3-2-4-6-19/h2-6,9-12,15-17,20H,7-8,13-14,18H2,1H3,(H,32,34). The summed E-state index contributed by atoms with van der Waals surface area (Å²) in [6.07, 6.45) is 10.9. The van der Waals surface area contributed by atoms with Gasteiger partial charge in [-0.15, -0.1) is 0 Å². The van der Waals surface area contributed by atoms with Crippen LogP contribution in [0.5, 0.6) is 0 Å². The van der Waals surface area contributed by atoms with Crippen molar-refractivity contribution in [1.29, 1.82) is 0 Å². The molecule has 8 heteroatoms. The summed E-state index contributed by atoms with van der Waals surface area (Å²) in [5, 5.41) is 8.57. The number of methoxy groups -OCH3 is 1. The molecule has 2 aromatic carbocycles. The number of carbonyl (C=O) groups excluding carboxylic acids is 1. The summed E-state index contributed by atoms with van der Waals surface area (Å²) in [5.74, 6) is 0.755. The first-order chi connectivity index (χ1) is 17.6. The number of anilines is 1. The Hall–Kier alpha value is -3.49. The Morgan fingerprint density at radius 1 is 1.19 bits per heavy atom. The molecule has 1 aliphatic heterocycles. The van der Waals surface area contributed by atoms with Gasteiger partial charge < -0.3 is 14.8 Å². The molecule has 0 fully saturated rings. The molecule has 1 N–H and O–H groups in total. The van der Waals surface area contributed by atoms with E-state index in [1.165, 1.54) is 0 Å². The van der Waals surface area contributed by atoms with E-state index in [-0.39, 0.29) is 11.8 Å². The van der Waals surface area contributed by atoms with E-state index in [2.05, 4.69) is 49.5 Å². The fourth-order valence-electron chi connectivity index (χ4n) is 4.35. The predicted molar refractivity (Wildman–Crippen MR) is 145 cm³/mol. The molecular formula is C28H27BrN4O3. The number of rotatable bonds is 8. The van der Waals surface area contributed by atoms with Gasteiger partial charge in [0.15, 0.2) is 0 Å². The number of fused-ring (bicyclic) bond motifs is 2. The van der Waals surface area contributed by atoms with E-state index >= 15 is 0 Å². The highest BCUT2D eigenvalue weighted by Gasteiger charge is 2.23. The number of hydrogen-bond acceptors (Lipinski definition) is 5. The van der Waals surface area contributed by atoms with Gasteiger partial charge in [-0.1, -0.05) is 36.4 Å². The lowest BCUT2D eigenvalue weighted by Crippen LogP contribution is -2.16. The van der Waals surface area contributed by atoms with Crippen LogP contribution in [0.2, 0.25) is 0 Å². The van der Waals surface area contributed by atoms with E-state index in [0.29, 0.717) is 37.4 Å². The molecule has 184 valence electrons. The summed E-state index contributed by atoms with van der Waals surface area (Å²) >= 11 is 3.61. The Morgan fingerprint density at radius 2 is 2.06 bits per heavy atom. The Balaban J connectivity index is 1.34. The van der Waals surface area contributed by atoms with Crippen molar-refractivity contribution < 1.29 is 14.3 Å². The first-order valence-electron chi connectivity index (χ1n) is 11.9. The quantitative estimate of drug-likeness (QED) is 0.371. The number of aromatic nitrogens is 2. The normalized spacial score (nSPS) is 17.1. The van der Waals surface area contributed by atoms with Crippen molar-refractivity contribution in [2.45, 2.75) is 19.4 Å². The lowest BCUT2D eigenvalue weighted by atomic mass is 9.92. The van der Waals surface area contributed by atoms with Crippen LogP contribution in [0.25, 0.3) is 10.9 Å². The number of hydrogen-bond donors (Lipinski definition) is 1. The maximum atomic E-state index is 13.3. The number of ether oxygens (including phenoxy) is 2. The number of nitrogens with zero attached hydrogens (tertiary/aromatic N) is 3. The molecule has 1 aromatic heterocycles. The van der Waals surface area contributed by atoms with Gasteiger partial charge in [0.1, 0.15) is 12.4 Å². The molecule has 1 unspecified atom stereocenters. The number of allylic oxidation sites excluding steroid dienone is 3. The molecule has 0 saturated carbocycles. The van der Waals surface area contributed by atoms with Gasteiger partial charge in [0.2, 0.25) is 0 Å². The maximum Gasteiger partial charge on any atom is 0.253 e. The SMILES string of the molecule is COCCOC1=CC2=NC=C(C(=O)Nc3c(Br)ccc4c3cnn4Cc3ccccc3)CCC2C=C1. The third kappa shape index (κ3) is 5.34. The van der Waals surface area contributed by atoms with Crippen molar-refractivity contribution >= 4 is 44.1 Å². The van der Waals surface area contributed by atoms with Gasteiger partial charge >= 0.3 is 0 Å². The summed E-state index contributed by atoms with van der Waals surface area (Å²) in [7, 11) is 1.65. The minimum Gasteiger partial charge on any atom is -0.491 e. The third-order valence-electron chi connectivity index (χ3n) is 6.29. The van der Waals surface area contributed by atoms with E-state index < -0.39 is 0 Å². The molecule has 0 saturated heterocycles. The Kier molecular flexibility index (Phi) is 7.44. The Labute approximate surface area is 218 Å². The van der Waals surface area contributed by atoms with Gasteiger partial charge in [-0.2, -0.15) is 5.10 Å². The first kappa shape index (κ1) is 24.2. The van der Waals surface area contributed by atoms with Crippen LogP contribution < -0.4 is 5.32 Å². The maximum absolute atomic E-state index is 13.3. The van der Waals surface area contributed by atoms with Crippen LogP contribution in [0.15, 0.2) is 93.9 Å². The molecule has 1 amide bonds. The minimum absolute atomic E-state index is 0.160. The van der Waals surface area contributed by atoms with Crippen LogP contribution in [0.4, 0.5) is 5.69 Å². The average molecular weight is 547 g/mol. The van der Waals surface area contributed by atoms with Crippen molar-refractivity contribution in [3.05, 3.63) is 94.5 Å². The van der Waals surface area contributed by atoms with Crippen LogP contribution >= 0.6 is 15.9 Å². The zero-order valence-corrected chi connectivity index (χ0v) is 21.6. The fourth-order valence-corrected chi connectivity index (χ4v) is 4.80. The van der Waals surface area contributed by atoms with Gasteiger partial charge in [-0.3, -0.25) is 14.5 Å². The molecule has 0 spiro atoms. The minimum atomic E-state index is -0.161. The molecule has 2 aliphatic rings. The molecule has 5 rings (SSSR count). The average Bonchev–Trinajstić information content (AvgIpc) is 3.17. The van der Waals surface area contributed by atoms with Crippen LogP contribution in [0.1, 0.15) is 18.4 Å². The third-order valence-corrected chi connectivity index (χ3v) is 6.96. The van der Waals surface area contributed by atoms with E-state index in [1.54, 1.807) is 19.5 Å². The topological polar surface area (TPSA) is 77.7 Å². The van der Waals surface area contributed by atoms with Gasteiger partial charge in [-0.25, -0.2) is 0 Å². The van der Waals surface area contributed by atoms with Crippen molar-refractivity contribution in [2.24, 2.45) is 10.9 Å². The summed E-state index contributed by atoms with van der Waals surface area (Å²) in [4.78, 5) is 17.9. The van der Waals surface area contributed by atoms with E-state index in [9.17, 15) is 4.79 Å². The van der Waals surface area contributed by atoms with Gasteiger partial charge in [0.05, 0.1) is 36.3 Å². The first-order valence-corrected chi connectivity index (χ1v) is 12.7. The van der Waals surface area contributed by atoms with Gasteiger partial charge in [-0.05, 0) is 52.5 Å². The molecule has 0 radical (unpaired) electrons. The predicted octanol–water partition coefficient (Wildman–Crippen LogP) is 5.64. The highest BCUT2D eigenvalue weighted by molar-refractivity contribution is 9.10. The zero-order valence-electron chi connectivity index (χ0n) is 20.0.